The molecule has 1 fully saturated rings. The van der Waals surface area contributed by atoms with E-state index in [0.29, 0.717) is 12.0 Å². The summed E-state index contributed by atoms with van der Waals surface area (Å²) in [6.45, 7) is 11.8. The Labute approximate surface area is 317 Å². The third-order valence-corrected chi connectivity index (χ3v) is 10.5. The molecule has 0 amide bonds. The number of methoxy groups -OCH3 is 1. The summed E-state index contributed by atoms with van der Waals surface area (Å²) < 4.78 is 38.2. The fourth-order valence-corrected chi connectivity index (χ4v) is 7.26. The molecule has 54 heavy (non-hydrogen) atoms. The van der Waals surface area contributed by atoms with Gasteiger partial charge in [-0.3, -0.25) is 14.4 Å². The summed E-state index contributed by atoms with van der Waals surface area (Å²) in [5, 5.41) is 0. The van der Waals surface area contributed by atoms with E-state index in [-0.39, 0.29) is 36.3 Å². The Bertz CT molecular complexity index is 1640. The van der Waals surface area contributed by atoms with E-state index >= 15 is 0 Å². The van der Waals surface area contributed by atoms with Crippen LogP contribution in [0.15, 0.2) is 60.7 Å². The van der Waals surface area contributed by atoms with Crippen molar-refractivity contribution < 1.29 is 52.4 Å². The second kappa shape index (κ2) is 18.4. The average molecular weight is 754 g/mol. The minimum absolute atomic E-state index is 0.0825. The number of nitrogens with zero attached hydrogens (tertiary/aromatic N) is 3. The van der Waals surface area contributed by atoms with Crippen molar-refractivity contribution in [3.05, 3.63) is 66.3 Å². The molecule has 2 aliphatic heterocycles. The lowest BCUT2D eigenvalue weighted by Gasteiger charge is -2.47. The third kappa shape index (κ3) is 9.89. The lowest BCUT2D eigenvalue weighted by Crippen LogP contribution is -2.60. The molecule has 296 valence electrons. The topological polar surface area (TPSA) is 162 Å². The Morgan fingerprint density at radius 2 is 1.74 bits per heavy atom. The summed E-state index contributed by atoms with van der Waals surface area (Å²) in [5.74, 6) is -5.17. The first-order valence-corrected chi connectivity index (χ1v) is 18.5. The van der Waals surface area contributed by atoms with Crippen molar-refractivity contribution >= 4 is 29.6 Å². The highest BCUT2D eigenvalue weighted by atomic mass is 16.7. The van der Waals surface area contributed by atoms with E-state index < -0.39 is 77.9 Å². The van der Waals surface area contributed by atoms with Gasteiger partial charge in [0.05, 0.1) is 29.4 Å². The van der Waals surface area contributed by atoms with Gasteiger partial charge in [0.25, 0.3) is 0 Å². The predicted molar refractivity (Wildman–Crippen MR) is 196 cm³/mol. The van der Waals surface area contributed by atoms with Crippen molar-refractivity contribution in [3.8, 4) is 0 Å². The van der Waals surface area contributed by atoms with Crippen molar-refractivity contribution in [2.45, 2.75) is 116 Å². The summed E-state index contributed by atoms with van der Waals surface area (Å²) in [4.78, 5) is 74.3. The SMILES string of the molecule is CC[C@H]1OC(=O)[C@H](C)C(=O)[C@H](C)[C@@H](OC2O[C@H](C)C[C@H](N(C)C)[C@H]2OC(=O)c2ccccc2)[C@@](C)(OC)C[C@@H](C)C(=O)/C(C)=C\[C@@H]1OC(=O)n1ccnc1. The van der Waals surface area contributed by atoms with Crippen LogP contribution >= 0.6 is 0 Å². The first kappa shape index (κ1) is 42.5. The number of hydrogen-bond acceptors (Lipinski definition) is 13. The summed E-state index contributed by atoms with van der Waals surface area (Å²) in [7, 11) is 5.21. The van der Waals surface area contributed by atoms with Crippen LogP contribution in [-0.4, -0.2) is 114 Å². The first-order valence-electron chi connectivity index (χ1n) is 18.5. The second-order valence-electron chi connectivity index (χ2n) is 14.8. The molecule has 1 aromatic heterocycles. The number of carbonyl (C=O) groups excluding carboxylic acids is 5. The predicted octanol–water partition coefficient (Wildman–Crippen LogP) is 5.04. The zero-order chi connectivity index (χ0) is 39.9. The molecular weight excluding hydrogens is 698 g/mol. The van der Waals surface area contributed by atoms with Crippen molar-refractivity contribution in [2.75, 3.05) is 21.2 Å². The van der Waals surface area contributed by atoms with Crippen LogP contribution in [0.25, 0.3) is 0 Å². The number of esters is 2. The maximum absolute atomic E-state index is 14.3. The Balaban J connectivity index is 1.76. The van der Waals surface area contributed by atoms with E-state index in [4.69, 9.17) is 28.4 Å². The van der Waals surface area contributed by atoms with Crippen LogP contribution in [0.1, 0.15) is 78.1 Å². The molecule has 14 nitrogen and oxygen atoms in total. The van der Waals surface area contributed by atoms with Gasteiger partial charge in [-0.05, 0) is 84.8 Å². The van der Waals surface area contributed by atoms with Gasteiger partial charge < -0.3 is 33.3 Å². The van der Waals surface area contributed by atoms with Crippen molar-refractivity contribution in [2.24, 2.45) is 17.8 Å². The minimum Gasteiger partial charge on any atom is -0.458 e. The molecule has 0 spiro atoms. The van der Waals surface area contributed by atoms with Crippen LogP contribution in [0.5, 0.6) is 0 Å². The van der Waals surface area contributed by atoms with Crippen LogP contribution in [0, 0.1) is 17.8 Å². The zero-order valence-electron chi connectivity index (χ0n) is 32.9. The van der Waals surface area contributed by atoms with Crippen molar-refractivity contribution in [3.63, 3.8) is 0 Å². The second-order valence-corrected chi connectivity index (χ2v) is 14.8. The number of cyclic esters (lactones) is 1. The quantitative estimate of drug-likeness (QED) is 0.201. The Kier molecular flexibility index (Phi) is 14.5. The molecule has 0 N–H and O–H groups in total. The highest BCUT2D eigenvalue weighted by Gasteiger charge is 2.50. The van der Waals surface area contributed by atoms with E-state index in [2.05, 4.69) is 4.98 Å². The number of imidazole rings is 1. The summed E-state index contributed by atoms with van der Waals surface area (Å²) in [6.07, 6.45) is -0.101. The van der Waals surface area contributed by atoms with Gasteiger partial charge in [-0.1, -0.05) is 39.0 Å². The number of Topliss-reactive ketones (excluding diaryl/α,β-unsaturated/α-hetero) is 2. The molecule has 1 aromatic carbocycles. The van der Waals surface area contributed by atoms with E-state index in [1.807, 2.05) is 25.9 Å². The molecule has 1 unspecified atom stereocenters. The Morgan fingerprint density at radius 1 is 1.06 bits per heavy atom. The zero-order valence-corrected chi connectivity index (χ0v) is 32.9. The van der Waals surface area contributed by atoms with E-state index in [0.717, 1.165) is 4.57 Å². The van der Waals surface area contributed by atoms with Crippen LogP contribution in [0.3, 0.4) is 0 Å². The largest absolute Gasteiger partial charge is 0.458 e. The van der Waals surface area contributed by atoms with Crippen LogP contribution < -0.4 is 0 Å². The number of aromatic nitrogens is 2. The van der Waals surface area contributed by atoms with E-state index in [9.17, 15) is 24.0 Å². The monoisotopic (exact) mass is 753 g/mol. The molecule has 0 bridgehead atoms. The fraction of sp³-hybridized carbons (Fsp3) is 0.600. The summed E-state index contributed by atoms with van der Waals surface area (Å²) in [5.41, 5.74) is -0.692. The first-order chi connectivity index (χ1) is 25.5. The van der Waals surface area contributed by atoms with Crippen LogP contribution in [0.2, 0.25) is 0 Å². The van der Waals surface area contributed by atoms with Gasteiger partial charge in [-0.25, -0.2) is 19.1 Å². The van der Waals surface area contributed by atoms with Gasteiger partial charge in [-0.2, -0.15) is 0 Å². The third-order valence-electron chi connectivity index (χ3n) is 10.5. The Hall–Kier alpha value is -4.24. The standard InChI is InChI=1S/C40H55N3O11/c1-11-30-31(52-39(48)43-18-17-41-22-43)19-23(2)32(44)24(3)21-40(7,49-10)35(26(5)33(45)27(6)36(46)51-30)54-38-34(29(42(8)9)20-25(4)50-38)53-37(47)28-15-13-12-14-16-28/h12-19,22,24-27,29-31,34-35,38H,11,20-21H2,1-10H3/b23-19-/t24-,25-,26+,27-,29+,30-,31+,34-,35-,38?,40+/m1/s1. The Morgan fingerprint density at radius 3 is 2.33 bits per heavy atom. The van der Waals surface area contributed by atoms with E-state index in [1.54, 1.807) is 65.0 Å². The van der Waals surface area contributed by atoms with Gasteiger partial charge in [-0.15, -0.1) is 0 Å². The summed E-state index contributed by atoms with van der Waals surface area (Å²) >= 11 is 0. The van der Waals surface area contributed by atoms with Crippen LogP contribution in [0.4, 0.5) is 4.79 Å². The molecule has 0 radical (unpaired) electrons. The lowest BCUT2D eigenvalue weighted by molar-refractivity contribution is -0.294. The number of rotatable bonds is 8. The lowest BCUT2D eigenvalue weighted by atomic mass is 9.77. The van der Waals surface area contributed by atoms with E-state index in [1.165, 1.54) is 38.8 Å². The highest BCUT2D eigenvalue weighted by molar-refractivity contribution is 6.00. The highest BCUT2D eigenvalue weighted by Crippen LogP contribution is 2.38. The molecule has 3 heterocycles. The number of hydrogen-bond donors (Lipinski definition) is 0. The molecule has 14 heteroatoms. The van der Waals surface area contributed by atoms with Crippen LogP contribution in [-0.2, 0) is 42.8 Å². The summed E-state index contributed by atoms with van der Waals surface area (Å²) in [6, 6.07) is 8.25. The van der Waals surface area contributed by atoms with Gasteiger partial charge in [0.2, 0.25) is 0 Å². The normalized spacial score (nSPS) is 34.0. The van der Waals surface area contributed by atoms with Gasteiger partial charge in [0.15, 0.2) is 30.1 Å². The number of allylic oxidation sites excluding steroid dienone is 1. The fourth-order valence-electron chi connectivity index (χ4n) is 7.26. The maximum Gasteiger partial charge on any atom is 0.419 e. The molecule has 4 rings (SSSR count). The molecule has 2 aliphatic rings. The van der Waals surface area contributed by atoms with Gasteiger partial charge in [0.1, 0.15) is 18.3 Å². The average Bonchev–Trinajstić information content (AvgIpc) is 3.70. The number of benzene rings is 1. The molecule has 11 atom stereocenters. The number of likely N-dealkylation sites (N-methyl/N-ethyl adjacent to an activating group) is 1. The maximum atomic E-state index is 14.3. The molecule has 2 aromatic rings. The number of ether oxygens (including phenoxy) is 6. The molecule has 0 aliphatic carbocycles. The van der Waals surface area contributed by atoms with Gasteiger partial charge in [0, 0.05) is 31.3 Å². The smallest absolute Gasteiger partial charge is 0.419 e. The molecular formula is C40H55N3O11. The van der Waals surface area contributed by atoms with Crippen molar-refractivity contribution in [1.29, 1.82) is 0 Å². The minimum atomic E-state index is -1.32. The van der Waals surface area contributed by atoms with Crippen molar-refractivity contribution in [1.82, 2.24) is 14.5 Å². The molecule has 0 saturated carbocycles. The van der Waals surface area contributed by atoms with Gasteiger partial charge >= 0.3 is 18.0 Å². The molecule has 1 saturated heterocycles. The number of carbonyl (C=O) groups is 5. The number of ketones is 2.